The summed E-state index contributed by atoms with van der Waals surface area (Å²) in [6.45, 7) is 4.14. The van der Waals surface area contributed by atoms with Crippen molar-refractivity contribution in [2.24, 2.45) is 5.73 Å². The van der Waals surface area contributed by atoms with Gasteiger partial charge in [0.05, 0.1) is 7.11 Å². The van der Waals surface area contributed by atoms with Crippen molar-refractivity contribution in [2.45, 2.75) is 38.4 Å². The summed E-state index contributed by atoms with van der Waals surface area (Å²) >= 11 is 6.06. The predicted octanol–water partition coefficient (Wildman–Crippen LogP) is 2.66. The quantitative estimate of drug-likeness (QED) is 0.916. The standard InChI is InChI=1S/C14H21ClN2O/c1-10-7-13(16)5-6-17(10)9-11-8-12(15)3-4-14(11)18-2/h3-4,8,10,13H,5-7,9,16H2,1-2H3. The monoisotopic (exact) mass is 268 g/mol. The molecule has 0 aliphatic carbocycles. The molecule has 2 atom stereocenters. The molecule has 0 saturated carbocycles. The van der Waals surface area contributed by atoms with Gasteiger partial charge in [0.25, 0.3) is 0 Å². The van der Waals surface area contributed by atoms with E-state index in [9.17, 15) is 0 Å². The van der Waals surface area contributed by atoms with Gasteiger partial charge in [-0.2, -0.15) is 0 Å². The van der Waals surface area contributed by atoms with Crippen molar-refractivity contribution in [1.29, 1.82) is 0 Å². The summed E-state index contributed by atoms with van der Waals surface area (Å²) in [4.78, 5) is 2.44. The lowest BCUT2D eigenvalue weighted by Gasteiger charge is -2.36. The van der Waals surface area contributed by atoms with Crippen LogP contribution in [0, 0.1) is 0 Å². The molecule has 2 N–H and O–H groups in total. The molecule has 1 aromatic rings. The molecule has 0 bridgehead atoms. The predicted molar refractivity (Wildman–Crippen MR) is 75.1 cm³/mol. The Morgan fingerprint density at radius 2 is 2.28 bits per heavy atom. The van der Waals surface area contributed by atoms with Crippen LogP contribution in [0.2, 0.25) is 5.02 Å². The zero-order valence-electron chi connectivity index (χ0n) is 11.0. The number of piperidine rings is 1. The molecule has 18 heavy (non-hydrogen) atoms. The highest BCUT2D eigenvalue weighted by Gasteiger charge is 2.23. The first kappa shape index (κ1) is 13.7. The normalized spacial score (nSPS) is 25.1. The first-order chi connectivity index (χ1) is 8.60. The van der Waals surface area contributed by atoms with Gasteiger partial charge in [-0.15, -0.1) is 0 Å². The molecule has 4 heteroatoms. The lowest BCUT2D eigenvalue weighted by molar-refractivity contribution is 0.138. The van der Waals surface area contributed by atoms with Crippen LogP contribution in [-0.2, 0) is 6.54 Å². The molecule has 1 aromatic carbocycles. The maximum atomic E-state index is 6.06. The molecule has 1 aliphatic heterocycles. The van der Waals surface area contributed by atoms with Crippen LogP contribution in [0.5, 0.6) is 5.75 Å². The number of rotatable bonds is 3. The van der Waals surface area contributed by atoms with Crippen molar-refractivity contribution in [3.63, 3.8) is 0 Å². The van der Waals surface area contributed by atoms with Crippen LogP contribution in [0.1, 0.15) is 25.3 Å². The van der Waals surface area contributed by atoms with Crippen LogP contribution in [0.3, 0.4) is 0 Å². The molecule has 2 rings (SSSR count). The van der Waals surface area contributed by atoms with Crippen LogP contribution in [0.25, 0.3) is 0 Å². The largest absolute Gasteiger partial charge is 0.496 e. The number of hydrogen-bond donors (Lipinski definition) is 1. The molecule has 0 aromatic heterocycles. The molecule has 1 aliphatic rings. The van der Waals surface area contributed by atoms with Crippen molar-refractivity contribution in [2.75, 3.05) is 13.7 Å². The Bertz CT molecular complexity index is 411. The van der Waals surface area contributed by atoms with E-state index in [1.165, 1.54) is 0 Å². The molecule has 0 spiro atoms. The average Bonchev–Trinajstić information content (AvgIpc) is 2.33. The van der Waals surface area contributed by atoms with Crippen molar-refractivity contribution < 1.29 is 4.74 Å². The van der Waals surface area contributed by atoms with Gasteiger partial charge in [-0.05, 0) is 38.0 Å². The fraction of sp³-hybridized carbons (Fsp3) is 0.571. The Hall–Kier alpha value is -0.770. The minimum absolute atomic E-state index is 0.345. The maximum absolute atomic E-state index is 6.06. The van der Waals surface area contributed by atoms with Gasteiger partial charge in [-0.1, -0.05) is 11.6 Å². The second-order valence-electron chi connectivity index (χ2n) is 5.06. The van der Waals surface area contributed by atoms with Crippen molar-refractivity contribution in [3.05, 3.63) is 28.8 Å². The zero-order valence-corrected chi connectivity index (χ0v) is 11.8. The third kappa shape index (κ3) is 3.16. The van der Waals surface area contributed by atoms with E-state index in [4.69, 9.17) is 22.1 Å². The Morgan fingerprint density at radius 3 is 2.94 bits per heavy atom. The van der Waals surface area contributed by atoms with Gasteiger partial charge in [0.1, 0.15) is 5.75 Å². The van der Waals surface area contributed by atoms with Crippen LogP contribution < -0.4 is 10.5 Å². The molecule has 3 nitrogen and oxygen atoms in total. The van der Waals surface area contributed by atoms with E-state index in [0.29, 0.717) is 12.1 Å². The summed E-state index contributed by atoms with van der Waals surface area (Å²) in [7, 11) is 1.70. The van der Waals surface area contributed by atoms with Crippen LogP contribution >= 0.6 is 11.6 Å². The first-order valence-electron chi connectivity index (χ1n) is 6.42. The summed E-state index contributed by atoms with van der Waals surface area (Å²) in [6.07, 6.45) is 2.12. The van der Waals surface area contributed by atoms with Crippen molar-refractivity contribution >= 4 is 11.6 Å². The van der Waals surface area contributed by atoms with Gasteiger partial charge >= 0.3 is 0 Å². The van der Waals surface area contributed by atoms with Crippen LogP contribution in [0.4, 0.5) is 0 Å². The second kappa shape index (κ2) is 5.91. The number of benzene rings is 1. The highest BCUT2D eigenvalue weighted by atomic mass is 35.5. The molecular formula is C14H21ClN2O. The molecule has 1 heterocycles. The molecule has 0 amide bonds. The summed E-state index contributed by atoms with van der Waals surface area (Å²) in [6, 6.07) is 6.63. The van der Waals surface area contributed by atoms with Crippen molar-refractivity contribution in [1.82, 2.24) is 4.90 Å². The highest BCUT2D eigenvalue weighted by molar-refractivity contribution is 6.30. The molecule has 1 saturated heterocycles. The van der Waals surface area contributed by atoms with E-state index >= 15 is 0 Å². The Balaban J connectivity index is 2.11. The van der Waals surface area contributed by atoms with Crippen LogP contribution in [0.15, 0.2) is 18.2 Å². The fourth-order valence-corrected chi connectivity index (χ4v) is 2.78. The highest BCUT2D eigenvalue weighted by Crippen LogP contribution is 2.26. The maximum Gasteiger partial charge on any atom is 0.123 e. The SMILES string of the molecule is COc1ccc(Cl)cc1CN1CCC(N)CC1C. The lowest BCUT2D eigenvalue weighted by Crippen LogP contribution is -2.45. The van der Waals surface area contributed by atoms with Gasteiger partial charge in [0.15, 0.2) is 0 Å². The van der Waals surface area contributed by atoms with Gasteiger partial charge in [0.2, 0.25) is 0 Å². The van der Waals surface area contributed by atoms with E-state index in [1.54, 1.807) is 7.11 Å². The van der Waals surface area contributed by atoms with Crippen LogP contribution in [-0.4, -0.2) is 30.6 Å². The third-order valence-electron chi connectivity index (χ3n) is 3.67. The van der Waals surface area contributed by atoms with Gasteiger partial charge in [-0.25, -0.2) is 0 Å². The average molecular weight is 269 g/mol. The Kier molecular flexibility index (Phi) is 4.49. The molecule has 2 unspecified atom stereocenters. The number of ether oxygens (including phenoxy) is 1. The number of nitrogens with zero attached hydrogens (tertiary/aromatic N) is 1. The van der Waals surface area contributed by atoms with Crippen molar-refractivity contribution in [3.8, 4) is 5.75 Å². The fourth-order valence-electron chi connectivity index (χ4n) is 2.58. The van der Waals surface area contributed by atoms with E-state index in [1.807, 2.05) is 18.2 Å². The minimum atomic E-state index is 0.345. The van der Waals surface area contributed by atoms with E-state index in [-0.39, 0.29) is 0 Å². The molecule has 100 valence electrons. The lowest BCUT2D eigenvalue weighted by atomic mass is 9.98. The third-order valence-corrected chi connectivity index (χ3v) is 3.91. The minimum Gasteiger partial charge on any atom is -0.496 e. The summed E-state index contributed by atoms with van der Waals surface area (Å²) in [5.74, 6) is 0.904. The number of nitrogens with two attached hydrogens (primary N) is 1. The topological polar surface area (TPSA) is 38.5 Å². The molecule has 1 fully saturated rings. The summed E-state index contributed by atoms with van der Waals surface area (Å²) in [5, 5.41) is 0.757. The molecule has 0 radical (unpaired) electrons. The Morgan fingerprint density at radius 1 is 1.50 bits per heavy atom. The van der Waals surface area contributed by atoms with E-state index in [2.05, 4.69) is 11.8 Å². The van der Waals surface area contributed by atoms with E-state index in [0.717, 1.165) is 42.3 Å². The smallest absolute Gasteiger partial charge is 0.123 e. The van der Waals surface area contributed by atoms with Gasteiger partial charge in [0, 0.05) is 35.8 Å². The number of hydrogen-bond acceptors (Lipinski definition) is 3. The zero-order chi connectivity index (χ0) is 13.1. The van der Waals surface area contributed by atoms with Gasteiger partial charge in [-0.3, -0.25) is 4.90 Å². The van der Waals surface area contributed by atoms with E-state index < -0.39 is 0 Å². The first-order valence-corrected chi connectivity index (χ1v) is 6.80. The second-order valence-corrected chi connectivity index (χ2v) is 5.50. The number of methoxy groups -OCH3 is 1. The Labute approximate surface area is 114 Å². The number of halogens is 1. The molecular weight excluding hydrogens is 248 g/mol. The summed E-state index contributed by atoms with van der Waals surface area (Å²) in [5.41, 5.74) is 7.13. The summed E-state index contributed by atoms with van der Waals surface area (Å²) < 4.78 is 5.39. The number of likely N-dealkylation sites (tertiary alicyclic amines) is 1. The van der Waals surface area contributed by atoms with Gasteiger partial charge < -0.3 is 10.5 Å².